The molecule has 0 saturated heterocycles. The van der Waals surface area contributed by atoms with Gasteiger partial charge < -0.3 is 9.84 Å². The van der Waals surface area contributed by atoms with Crippen molar-refractivity contribution >= 4 is 0 Å². The molecule has 2 nitrogen and oxygen atoms in total. The summed E-state index contributed by atoms with van der Waals surface area (Å²) in [6.45, 7) is 4.10. The van der Waals surface area contributed by atoms with Crippen LogP contribution in [0.5, 0.6) is 0 Å². The molecule has 0 aliphatic rings. The first-order chi connectivity index (χ1) is 6.68. The molecule has 1 N–H and O–H groups in total. The minimum atomic E-state index is -0.0961. The van der Waals surface area contributed by atoms with Crippen LogP contribution in [-0.4, -0.2) is 25.4 Å². The maximum Gasteiger partial charge on any atom is 0.0512 e. The van der Waals surface area contributed by atoms with Crippen LogP contribution in [0.2, 0.25) is 0 Å². The van der Waals surface area contributed by atoms with E-state index in [0.29, 0.717) is 0 Å². The molecule has 0 radical (unpaired) electrons. The van der Waals surface area contributed by atoms with Gasteiger partial charge in [-0.3, -0.25) is 0 Å². The quantitative estimate of drug-likeness (QED) is 0.644. The third-order valence-electron chi connectivity index (χ3n) is 1.98. The zero-order chi connectivity index (χ0) is 11.2. The van der Waals surface area contributed by atoms with E-state index < -0.39 is 0 Å². The molecule has 1 unspecified atom stereocenters. The van der Waals surface area contributed by atoms with Gasteiger partial charge in [-0.15, -0.1) is 0 Å². The summed E-state index contributed by atoms with van der Waals surface area (Å²) in [6, 6.07) is 0. The lowest BCUT2D eigenvalue weighted by Gasteiger charge is -2.02. The highest BCUT2D eigenvalue weighted by Crippen LogP contribution is 2.07. The number of hydrogen-bond acceptors (Lipinski definition) is 2. The summed E-state index contributed by atoms with van der Waals surface area (Å²) in [6.07, 6.45) is 8.78. The fourth-order valence-electron chi connectivity index (χ4n) is 1.22. The van der Waals surface area contributed by atoms with Gasteiger partial charge in [0, 0.05) is 14.2 Å². The lowest BCUT2D eigenvalue weighted by molar-refractivity contribution is 0.180. The summed E-state index contributed by atoms with van der Waals surface area (Å²) in [4.78, 5) is 0. The van der Waals surface area contributed by atoms with Gasteiger partial charge in [-0.2, -0.15) is 0 Å². The minimum absolute atomic E-state index is 0.0961. The highest BCUT2D eigenvalue weighted by molar-refractivity contribution is 4.48. The van der Waals surface area contributed by atoms with Gasteiger partial charge in [0.2, 0.25) is 0 Å². The Balaban J connectivity index is 0. The van der Waals surface area contributed by atoms with E-state index in [1.165, 1.54) is 38.5 Å². The molecule has 0 aliphatic carbocycles. The Bertz CT molecular complexity index is 82.4. The van der Waals surface area contributed by atoms with Gasteiger partial charge in [-0.25, -0.2) is 0 Å². The topological polar surface area (TPSA) is 29.5 Å². The van der Waals surface area contributed by atoms with Gasteiger partial charge in [0.15, 0.2) is 0 Å². The third-order valence-corrected chi connectivity index (χ3v) is 1.98. The lowest BCUT2D eigenvalue weighted by Crippen LogP contribution is -1.98. The van der Waals surface area contributed by atoms with Crippen LogP contribution in [0.4, 0.5) is 0 Å². The molecule has 0 rings (SSSR count). The second-order valence-electron chi connectivity index (χ2n) is 3.81. The maximum atomic E-state index is 8.96. The monoisotopic (exact) mass is 204 g/mol. The van der Waals surface area contributed by atoms with Crippen LogP contribution in [0.15, 0.2) is 0 Å². The smallest absolute Gasteiger partial charge is 0.0512 e. The maximum absolute atomic E-state index is 8.96. The highest BCUT2D eigenvalue weighted by atomic mass is 16.4. The molecule has 0 aliphatic heterocycles. The van der Waals surface area contributed by atoms with Gasteiger partial charge in [0.25, 0.3) is 0 Å². The van der Waals surface area contributed by atoms with Crippen molar-refractivity contribution in [1.29, 1.82) is 0 Å². The molecule has 0 aromatic rings. The molecule has 1 atom stereocenters. The normalized spacial score (nSPS) is 11.8. The average Bonchev–Trinajstić information content (AvgIpc) is 2.12. The van der Waals surface area contributed by atoms with Crippen LogP contribution in [-0.2, 0) is 4.74 Å². The van der Waals surface area contributed by atoms with E-state index in [2.05, 4.69) is 11.7 Å². The number of ether oxygens (including phenoxy) is 1. The fourth-order valence-corrected chi connectivity index (χ4v) is 1.22. The SMILES string of the molecule is CCCCCCCCC(C)O.COC. The number of rotatable bonds is 7. The van der Waals surface area contributed by atoms with Crippen molar-refractivity contribution in [2.75, 3.05) is 14.2 Å². The second kappa shape index (κ2) is 15.4. The summed E-state index contributed by atoms with van der Waals surface area (Å²) in [7, 11) is 3.25. The minimum Gasteiger partial charge on any atom is -0.393 e. The Morgan fingerprint density at radius 2 is 1.43 bits per heavy atom. The number of aliphatic hydroxyl groups excluding tert-OH is 1. The van der Waals surface area contributed by atoms with Crippen molar-refractivity contribution in [2.24, 2.45) is 0 Å². The van der Waals surface area contributed by atoms with Gasteiger partial charge in [0.05, 0.1) is 6.10 Å². The van der Waals surface area contributed by atoms with Crippen LogP contribution in [0.1, 0.15) is 58.8 Å². The van der Waals surface area contributed by atoms with E-state index in [9.17, 15) is 0 Å². The van der Waals surface area contributed by atoms with Crippen LogP contribution in [0.3, 0.4) is 0 Å². The number of methoxy groups -OCH3 is 1. The van der Waals surface area contributed by atoms with Gasteiger partial charge >= 0.3 is 0 Å². The van der Waals surface area contributed by atoms with Gasteiger partial charge in [0.1, 0.15) is 0 Å². The van der Waals surface area contributed by atoms with E-state index in [0.717, 1.165) is 6.42 Å². The molecule has 0 aromatic carbocycles. The first kappa shape index (κ1) is 16.4. The summed E-state index contributed by atoms with van der Waals surface area (Å²) in [5.74, 6) is 0. The van der Waals surface area contributed by atoms with Crippen molar-refractivity contribution in [3.8, 4) is 0 Å². The molecule has 0 fully saturated rings. The van der Waals surface area contributed by atoms with E-state index in [1.54, 1.807) is 14.2 Å². The first-order valence-corrected chi connectivity index (χ1v) is 5.77. The molecule has 14 heavy (non-hydrogen) atoms. The van der Waals surface area contributed by atoms with Crippen molar-refractivity contribution in [1.82, 2.24) is 0 Å². The Kier molecular flexibility index (Phi) is 18.0. The van der Waals surface area contributed by atoms with E-state index in [4.69, 9.17) is 5.11 Å². The van der Waals surface area contributed by atoms with E-state index >= 15 is 0 Å². The molecule has 0 aromatic heterocycles. The van der Waals surface area contributed by atoms with Crippen molar-refractivity contribution in [3.05, 3.63) is 0 Å². The Morgan fingerprint density at radius 1 is 1.00 bits per heavy atom. The van der Waals surface area contributed by atoms with Gasteiger partial charge in [-0.1, -0.05) is 45.4 Å². The van der Waals surface area contributed by atoms with Crippen LogP contribution >= 0.6 is 0 Å². The summed E-state index contributed by atoms with van der Waals surface area (Å²) in [5, 5.41) is 8.96. The standard InChI is InChI=1S/C10H22O.C2H6O/c1-3-4-5-6-7-8-9-10(2)11;1-3-2/h10-11H,3-9H2,1-2H3;1-2H3. The van der Waals surface area contributed by atoms with Crippen molar-refractivity contribution in [2.45, 2.75) is 64.9 Å². The lowest BCUT2D eigenvalue weighted by atomic mass is 10.1. The Hall–Kier alpha value is -0.0800. The fraction of sp³-hybridized carbons (Fsp3) is 1.00. The summed E-state index contributed by atoms with van der Waals surface area (Å²) >= 11 is 0. The molecule has 0 heterocycles. The molecule has 0 spiro atoms. The molecule has 0 saturated carbocycles. The predicted octanol–water partition coefficient (Wildman–Crippen LogP) is 3.38. The van der Waals surface area contributed by atoms with E-state index in [1.807, 2.05) is 6.92 Å². The number of unbranched alkanes of at least 4 members (excludes halogenated alkanes) is 5. The molecule has 0 amide bonds. The largest absolute Gasteiger partial charge is 0.393 e. The third kappa shape index (κ3) is 22.7. The predicted molar refractivity (Wildman–Crippen MR) is 62.6 cm³/mol. The number of aliphatic hydroxyl groups is 1. The zero-order valence-corrected chi connectivity index (χ0v) is 10.4. The summed E-state index contributed by atoms with van der Waals surface area (Å²) < 4.78 is 4.25. The Labute approximate surface area is 89.7 Å². The molecular weight excluding hydrogens is 176 g/mol. The average molecular weight is 204 g/mol. The van der Waals surface area contributed by atoms with Crippen molar-refractivity contribution < 1.29 is 9.84 Å². The molecule has 88 valence electrons. The highest BCUT2D eigenvalue weighted by Gasteiger charge is 1.94. The zero-order valence-electron chi connectivity index (χ0n) is 10.4. The molecular formula is C12H28O2. The molecule has 2 heteroatoms. The number of hydrogen-bond donors (Lipinski definition) is 1. The first-order valence-electron chi connectivity index (χ1n) is 5.77. The summed E-state index contributed by atoms with van der Waals surface area (Å²) in [5.41, 5.74) is 0. The van der Waals surface area contributed by atoms with E-state index in [-0.39, 0.29) is 6.10 Å². The van der Waals surface area contributed by atoms with Crippen LogP contribution < -0.4 is 0 Å². The molecule has 0 bridgehead atoms. The van der Waals surface area contributed by atoms with Crippen LogP contribution in [0.25, 0.3) is 0 Å². The van der Waals surface area contributed by atoms with Gasteiger partial charge in [-0.05, 0) is 13.3 Å². The van der Waals surface area contributed by atoms with Crippen molar-refractivity contribution in [3.63, 3.8) is 0 Å². The Morgan fingerprint density at radius 3 is 1.86 bits per heavy atom. The van der Waals surface area contributed by atoms with Crippen LogP contribution in [0, 0.1) is 0 Å². The second-order valence-corrected chi connectivity index (χ2v) is 3.81.